The van der Waals surface area contributed by atoms with Crippen molar-refractivity contribution in [1.29, 1.82) is 0 Å². The number of aromatic hydroxyl groups is 2. The molecule has 3 N–H and O–H groups in total. The number of hydrogen-bond donors (Lipinski definition) is 3. The number of anilines is 2. The van der Waals surface area contributed by atoms with Gasteiger partial charge in [-0.25, -0.2) is 19.0 Å². The van der Waals surface area contributed by atoms with E-state index >= 15 is 0 Å². The van der Waals surface area contributed by atoms with E-state index in [0.717, 1.165) is 33.6 Å². The Kier molecular flexibility index (Phi) is 6.84. The molecule has 2 aliphatic carbocycles. The number of carbonyl (C=O) groups excluding carboxylic acids is 4. The van der Waals surface area contributed by atoms with Gasteiger partial charge in [0.2, 0.25) is 23.6 Å². The molecule has 0 bridgehead atoms. The Morgan fingerprint density at radius 2 is 1.60 bits per heavy atom. The highest BCUT2D eigenvalue weighted by molar-refractivity contribution is 6.32. The molecular weight excluding hydrogens is 631 g/mol. The van der Waals surface area contributed by atoms with Crippen LogP contribution in [0.3, 0.4) is 0 Å². The molecule has 2 aliphatic heterocycles. The summed E-state index contributed by atoms with van der Waals surface area (Å²) in [6.45, 7) is 3.42. The van der Waals surface area contributed by atoms with Crippen LogP contribution >= 0.6 is 11.6 Å². The van der Waals surface area contributed by atoms with Crippen LogP contribution in [-0.4, -0.2) is 44.9 Å². The van der Waals surface area contributed by atoms with Gasteiger partial charge < -0.3 is 15.3 Å². The number of benzene rings is 3. The topological polar surface area (TPSA) is 153 Å². The quantitative estimate of drug-likeness (QED) is 0.251. The summed E-state index contributed by atoms with van der Waals surface area (Å²) >= 11 is 6.04. The first-order chi connectivity index (χ1) is 22.2. The van der Waals surface area contributed by atoms with Gasteiger partial charge in [-0.15, -0.1) is 0 Å². The minimum atomic E-state index is -1.37. The molecule has 3 fully saturated rings. The SMILES string of the molecule is Cc1cc([C@H]2C3=CC[C@@H]4C(=O)N(c5ccc(C(=O)O)c(O)c5)C(=O)[C@@H]4[C@@H]3C[C@H]3C(=O)N(c4ccc(F)c(Cl)c4)C(=O)[C@@]23C)ccc1O. The number of aromatic carboxylic acids is 1. The maximum Gasteiger partial charge on any atom is 0.339 e. The van der Waals surface area contributed by atoms with E-state index in [1.165, 1.54) is 24.3 Å². The molecule has 0 unspecified atom stereocenters. The molecule has 12 heteroatoms. The highest BCUT2D eigenvalue weighted by Crippen LogP contribution is 2.64. The Morgan fingerprint density at radius 1 is 0.894 bits per heavy atom. The third-order valence-corrected chi connectivity index (χ3v) is 10.7. The highest BCUT2D eigenvalue weighted by atomic mass is 35.5. The predicted molar refractivity (Wildman–Crippen MR) is 166 cm³/mol. The Morgan fingerprint density at radius 3 is 2.26 bits per heavy atom. The van der Waals surface area contributed by atoms with Crippen molar-refractivity contribution >= 4 is 52.6 Å². The van der Waals surface area contributed by atoms with Crippen molar-refractivity contribution in [2.24, 2.45) is 29.1 Å². The van der Waals surface area contributed by atoms with Gasteiger partial charge in [0, 0.05) is 12.0 Å². The molecule has 4 aliphatic rings. The molecule has 3 aromatic carbocycles. The summed E-state index contributed by atoms with van der Waals surface area (Å²) in [5.74, 6) is -8.74. The maximum absolute atomic E-state index is 14.5. The van der Waals surface area contributed by atoms with Crippen LogP contribution in [-0.2, 0) is 19.2 Å². The Balaban J connectivity index is 1.35. The Labute approximate surface area is 272 Å². The first-order valence-corrected chi connectivity index (χ1v) is 15.4. The summed E-state index contributed by atoms with van der Waals surface area (Å²) < 4.78 is 14.1. The molecule has 4 amide bonds. The molecule has 7 rings (SSSR count). The van der Waals surface area contributed by atoms with Crippen molar-refractivity contribution in [3.05, 3.63) is 93.8 Å². The van der Waals surface area contributed by atoms with E-state index in [0.29, 0.717) is 11.1 Å². The van der Waals surface area contributed by atoms with E-state index in [2.05, 4.69) is 0 Å². The second-order valence-electron chi connectivity index (χ2n) is 12.8. The third kappa shape index (κ3) is 4.25. The molecule has 2 heterocycles. The number of carbonyl (C=O) groups is 5. The number of fused-ring (bicyclic) bond motifs is 4. The number of imide groups is 2. The molecule has 0 aromatic heterocycles. The normalized spacial score (nSPS) is 28.3. The largest absolute Gasteiger partial charge is 0.508 e. The number of aryl methyl sites for hydroxylation is 1. The Hall–Kier alpha value is -5.03. The van der Waals surface area contributed by atoms with Gasteiger partial charge >= 0.3 is 5.97 Å². The number of carboxylic acids is 1. The lowest BCUT2D eigenvalue weighted by atomic mass is 9.51. The van der Waals surface area contributed by atoms with Crippen molar-refractivity contribution in [2.75, 3.05) is 9.80 Å². The van der Waals surface area contributed by atoms with Crippen molar-refractivity contribution < 1.29 is 43.7 Å². The van der Waals surface area contributed by atoms with Gasteiger partial charge in [0.1, 0.15) is 22.9 Å². The highest BCUT2D eigenvalue weighted by Gasteiger charge is 2.67. The van der Waals surface area contributed by atoms with E-state index in [-0.39, 0.29) is 40.6 Å². The van der Waals surface area contributed by atoms with E-state index < -0.39 is 76.2 Å². The molecule has 47 heavy (non-hydrogen) atoms. The van der Waals surface area contributed by atoms with Crippen LogP contribution in [0.4, 0.5) is 15.8 Å². The van der Waals surface area contributed by atoms with Crippen molar-refractivity contribution in [2.45, 2.75) is 32.6 Å². The van der Waals surface area contributed by atoms with Gasteiger partial charge in [0.05, 0.1) is 39.6 Å². The van der Waals surface area contributed by atoms with Crippen LogP contribution in [0.5, 0.6) is 11.5 Å². The second kappa shape index (κ2) is 10.5. The fraction of sp³-hybridized carbons (Fsp3) is 0.286. The molecular formula is C35H28ClFN2O8. The van der Waals surface area contributed by atoms with Crippen molar-refractivity contribution in [3.63, 3.8) is 0 Å². The van der Waals surface area contributed by atoms with Crippen LogP contribution < -0.4 is 9.80 Å². The van der Waals surface area contributed by atoms with Crippen LogP contribution in [0.25, 0.3) is 0 Å². The van der Waals surface area contributed by atoms with Gasteiger partial charge in [-0.05, 0) is 80.1 Å². The van der Waals surface area contributed by atoms with E-state index in [4.69, 9.17) is 11.6 Å². The summed E-state index contributed by atoms with van der Waals surface area (Å²) in [4.78, 5) is 70.1. The van der Waals surface area contributed by atoms with E-state index in [1.54, 1.807) is 26.0 Å². The number of nitrogens with zero attached hydrogens (tertiary/aromatic N) is 2. The van der Waals surface area contributed by atoms with Crippen LogP contribution in [0.15, 0.2) is 66.2 Å². The zero-order valence-corrected chi connectivity index (χ0v) is 25.9. The maximum atomic E-state index is 14.5. The van der Waals surface area contributed by atoms with Gasteiger partial charge in [-0.3, -0.25) is 19.2 Å². The molecule has 0 spiro atoms. The zero-order valence-electron chi connectivity index (χ0n) is 25.1. The van der Waals surface area contributed by atoms with Gasteiger partial charge in [-0.1, -0.05) is 35.4 Å². The van der Waals surface area contributed by atoms with Gasteiger partial charge in [-0.2, -0.15) is 0 Å². The Bertz CT molecular complexity index is 1990. The number of phenolic OH excluding ortho intramolecular Hbond substituents is 1. The summed E-state index contributed by atoms with van der Waals surface area (Å²) in [5.41, 5.74) is 0.314. The van der Waals surface area contributed by atoms with Crippen LogP contribution in [0.2, 0.25) is 5.02 Å². The van der Waals surface area contributed by atoms with Crippen molar-refractivity contribution in [1.82, 2.24) is 0 Å². The minimum absolute atomic E-state index is 0.0243. The first kappa shape index (κ1) is 30.6. The number of phenols is 2. The monoisotopic (exact) mass is 658 g/mol. The summed E-state index contributed by atoms with van der Waals surface area (Å²) in [6, 6.07) is 12.0. The van der Waals surface area contributed by atoms with E-state index in [9.17, 15) is 43.7 Å². The average molecular weight is 659 g/mol. The average Bonchev–Trinajstić information content (AvgIpc) is 3.39. The molecule has 0 radical (unpaired) electrons. The molecule has 1 saturated carbocycles. The first-order valence-electron chi connectivity index (χ1n) is 15.0. The number of amides is 4. The summed E-state index contributed by atoms with van der Waals surface area (Å²) in [6.07, 6.45) is 2.11. The lowest BCUT2D eigenvalue weighted by Gasteiger charge is -2.49. The number of allylic oxidation sites excluding steroid dienone is 2. The fourth-order valence-electron chi connectivity index (χ4n) is 8.22. The fourth-order valence-corrected chi connectivity index (χ4v) is 8.39. The van der Waals surface area contributed by atoms with Gasteiger partial charge in [0.15, 0.2) is 0 Å². The summed E-state index contributed by atoms with van der Waals surface area (Å²) in [7, 11) is 0. The van der Waals surface area contributed by atoms with Gasteiger partial charge in [0.25, 0.3) is 0 Å². The zero-order chi connectivity index (χ0) is 33.7. The lowest BCUT2D eigenvalue weighted by molar-refractivity contribution is -0.131. The molecule has 240 valence electrons. The standard InChI is InChI=1S/C35H28ClFN2O8/c1-15-11-16(3-10-26(15)40)29-19-7-8-21-28(32(44)38(30(21)42)18-4-6-20(33(45)46)27(41)13-18)22(19)14-23-31(43)39(34(47)35(23,29)2)17-5-9-25(37)24(36)12-17/h3-7,9-13,21-23,28-29,40-41H,8,14H2,1-2H3,(H,45,46)/t21-,22+,23-,28-,29-,35+/m0/s1. The summed E-state index contributed by atoms with van der Waals surface area (Å²) in [5, 5.41) is 29.7. The van der Waals surface area contributed by atoms with Crippen LogP contribution in [0, 0.1) is 41.8 Å². The number of carboxylic acid groups (broad SMARTS) is 1. The molecule has 2 saturated heterocycles. The minimum Gasteiger partial charge on any atom is -0.508 e. The predicted octanol–water partition coefficient (Wildman–Crippen LogP) is 5.33. The number of hydrogen-bond acceptors (Lipinski definition) is 7. The third-order valence-electron chi connectivity index (χ3n) is 10.5. The van der Waals surface area contributed by atoms with Crippen LogP contribution in [0.1, 0.15) is 47.2 Å². The number of halogens is 2. The number of rotatable bonds is 4. The van der Waals surface area contributed by atoms with Crippen molar-refractivity contribution in [3.8, 4) is 11.5 Å². The van der Waals surface area contributed by atoms with E-state index in [1.807, 2.05) is 6.08 Å². The molecule has 10 nitrogen and oxygen atoms in total. The molecule has 6 atom stereocenters. The molecule has 3 aromatic rings. The smallest absolute Gasteiger partial charge is 0.339 e. The lowest BCUT2D eigenvalue weighted by Crippen LogP contribution is -2.48. The second-order valence-corrected chi connectivity index (χ2v) is 13.2.